The van der Waals surface area contributed by atoms with Gasteiger partial charge in [0.2, 0.25) is 0 Å². The molecule has 0 spiro atoms. The van der Waals surface area contributed by atoms with Crippen molar-refractivity contribution in [2.75, 3.05) is 6.54 Å². The van der Waals surface area contributed by atoms with E-state index in [-0.39, 0.29) is 5.41 Å². The van der Waals surface area contributed by atoms with E-state index in [2.05, 4.69) is 35.9 Å². The van der Waals surface area contributed by atoms with Gasteiger partial charge in [-0.1, -0.05) is 26.7 Å². The number of nitrogens with two attached hydrogens (primary N) is 1. The minimum atomic E-state index is 0.162. The molecule has 2 rings (SSSR count). The molecule has 0 saturated heterocycles. The Bertz CT molecular complexity index is 335. The fraction of sp³-hybridized carbons (Fsp3) is 0.769. The van der Waals surface area contributed by atoms with Crippen LogP contribution in [-0.4, -0.2) is 16.3 Å². The fourth-order valence-corrected chi connectivity index (χ4v) is 2.41. The highest BCUT2D eigenvalue weighted by molar-refractivity contribution is 5.03. The molecule has 1 aromatic heterocycles. The van der Waals surface area contributed by atoms with Crippen LogP contribution in [0.2, 0.25) is 0 Å². The predicted molar refractivity (Wildman–Crippen MR) is 66.3 cm³/mol. The minimum Gasteiger partial charge on any atom is -0.330 e. The lowest BCUT2D eigenvalue weighted by Gasteiger charge is -2.20. The van der Waals surface area contributed by atoms with Gasteiger partial charge in [-0.3, -0.25) is 4.68 Å². The Morgan fingerprint density at radius 2 is 2.12 bits per heavy atom. The summed E-state index contributed by atoms with van der Waals surface area (Å²) < 4.78 is 2.16. The fourth-order valence-electron chi connectivity index (χ4n) is 2.41. The lowest BCUT2D eigenvalue weighted by atomic mass is 9.88. The summed E-state index contributed by atoms with van der Waals surface area (Å²) in [6.07, 6.45) is 8.41. The first-order chi connectivity index (χ1) is 7.61. The van der Waals surface area contributed by atoms with Crippen LogP contribution in [-0.2, 0) is 6.42 Å². The van der Waals surface area contributed by atoms with Crippen LogP contribution in [0, 0.1) is 5.41 Å². The van der Waals surface area contributed by atoms with Crippen LogP contribution in [0.15, 0.2) is 12.3 Å². The standard InChI is InChI=1S/C13H23N3/c1-13(2,10-14)9-11-7-8-16(15-11)12-5-3-4-6-12/h7-8,12H,3-6,9-10,14H2,1-2H3. The van der Waals surface area contributed by atoms with Crippen molar-refractivity contribution in [2.24, 2.45) is 11.1 Å². The Kier molecular flexibility index (Phi) is 3.33. The number of aromatic nitrogens is 2. The monoisotopic (exact) mass is 221 g/mol. The second kappa shape index (κ2) is 4.58. The van der Waals surface area contributed by atoms with Crippen LogP contribution in [0.25, 0.3) is 0 Å². The molecule has 0 atom stereocenters. The van der Waals surface area contributed by atoms with Gasteiger partial charge in [-0.25, -0.2) is 0 Å². The second-order valence-electron chi connectivity index (χ2n) is 5.77. The number of hydrogen-bond donors (Lipinski definition) is 1. The molecule has 3 heteroatoms. The molecule has 0 bridgehead atoms. The Hall–Kier alpha value is -0.830. The largest absolute Gasteiger partial charge is 0.330 e. The average molecular weight is 221 g/mol. The summed E-state index contributed by atoms with van der Waals surface area (Å²) in [4.78, 5) is 0. The molecule has 0 aliphatic heterocycles. The number of nitrogens with zero attached hydrogens (tertiary/aromatic N) is 2. The van der Waals surface area contributed by atoms with E-state index in [0.717, 1.165) is 6.42 Å². The van der Waals surface area contributed by atoms with Crippen molar-refractivity contribution in [1.29, 1.82) is 0 Å². The molecular weight excluding hydrogens is 198 g/mol. The summed E-state index contributed by atoms with van der Waals surface area (Å²) in [7, 11) is 0. The smallest absolute Gasteiger partial charge is 0.0630 e. The van der Waals surface area contributed by atoms with Gasteiger partial charge in [0.05, 0.1) is 11.7 Å². The zero-order chi connectivity index (χ0) is 11.6. The van der Waals surface area contributed by atoms with E-state index in [1.165, 1.54) is 31.4 Å². The van der Waals surface area contributed by atoms with Crippen LogP contribution in [0.3, 0.4) is 0 Å². The quantitative estimate of drug-likeness (QED) is 0.849. The van der Waals surface area contributed by atoms with Crippen LogP contribution in [0.5, 0.6) is 0 Å². The summed E-state index contributed by atoms with van der Waals surface area (Å²) in [5.41, 5.74) is 7.09. The summed E-state index contributed by atoms with van der Waals surface area (Å²) >= 11 is 0. The number of rotatable bonds is 4. The van der Waals surface area contributed by atoms with Gasteiger partial charge in [0.15, 0.2) is 0 Å². The van der Waals surface area contributed by atoms with Crippen molar-refractivity contribution >= 4 is 0 Å². The molecule has 0 unspecified atom stereocenters. The molecule has 3 nitrogen and oxygen atoms in total. The summed E-state index contributed by atoms with van der Waals surface area (Å²) in [6, 6.07) is 2.80. The molecule has 0 amide bonds. The van der Waals surface area contributed by atoms with Crippen LogP contribution in [0.4, 0.5) is 0 Å². The van der Waals surface area contributed by atoms with E-state index in [1.54, 1.807) is 0 Å². The van der Waals surface area contributed by atoms with Gasteiger partial charge in [0.1, 0.15) is 0 Å². The third-order valence-corrected chi connectivity index (χ3v) is 3.57. The molecule has 0 radical (unpaired) electrons. The molecule has 0 aromatic carbocycles. The van der Waals surface area contributed by atoms with Crippen LogP contribution < -0.4 is 5.73 Å². The van der Waals surface area contributed by atoms with Gasteiger partial charge < -0.3 is 5.73 Å². The molecule has 2 N–H and O–H groups in total. The first kappa shape index (κ1) is 11.6. The molecule has 90 valence electrons. The Morgan fingerprint density at radius 3 is 2.75 bits per heavy atom. The predicted octanol–water partition coefficient (Wildman–Crippen LogP) is 2.53. The average Bonchev–Trinajstić information content (AvgIpc) is 2.86. The molecule has 1 aromatic rings. The van der Waals surface area contributed by atoms with Crippen molar-refractivity contribution in [3.63, 3.8) is 0 Å². The maximum atomic E-state index is 5.75. The van der Waals surface area contributed by atoms with Crippen molar-refractivity contribution in [3.8, 4) is 0 Å². The van der Waals surface area contributed by atoms with Gasteiger partial charge >= 0.3 is 0 Å². The zero-order valence-electron chi connectivity index (χ0n) is 10.4. The van der Waals surface area contributed by atoms with Crippen molar-refractivity contribution in [2.45, 2.75) is 52.0 Å². The van der Waals surface area contributed by atoms with Crippen molar-refractivity contribution in [1.82, 2.24) is 9.78 Å². The molecule has 1 aliphatic rings. The second-order valence-corrected chi connectivity index (χ2v) is 5.77. The first-order valence-corrected chi connectivity index (χ1v) is 6.35. The molecule has 1 fully saturated rings. The van der Waals surface area contributed by atoms with Gasteiger partial charge in [0.25, 0.3) is 0 Å². The van der Waals surface area contributed by atoms with Crippen molar-refractivity contribution < 1.29 is 0 Å². The topological polar surface area (TPSA) is 43.8 Å². The maximum Gasteiger partial charge on any atom is 0.0630 e. The van der Waals surface area contributed by atoms with E-state index in [0.29, 0.717) is 12.6 Å². The molecule has 1 heterocycles. The molecule has 16 heavy (non-hydrogen) atoms. The third kappa shape index (κ3) is 2.64. The summed E-state index contributed by atoms with van der Waals surface area (Å²) in [6.45, 7) is 5.10. The SMILES string of the molecule is CC(C)(CN)Cc1ccn(C2CCCC2)n1. The van der Waals surface area contributed by atoms with Gasteiger partial charge in [0, 0.05) is 6.20 Å². The van der Waals surface area contributed by atoms with E-state index in [4.69, 9.17) is 5.73 Å². The van der Waals surface area contributed by atoms with Gasteiger partial charge in [-0.05, 0) is 37.3 Å². The highest BCUT2D eigenvalue weighted by Gasteiger charge is 2.20. The Balaban J connectivity index is 2.01. The van der Waals surface area contributed by atoms with E-state index < -0.39 is 0 Å². The van der Waals surface area contributed by atoms with Gasteiger partial charge in [-0.2, -0.15) is 5.10 Å². The van der Waals surface area contributed by atoms with Gasteiger partial charge in [-0.15, -0.1) is 0 Å². The van der Waals surface area contributed by atoms with E-state index in [1.807, 2.05) is 0 Å². The van der Waals surface area contributed by atoms with Crippen LogP contribution in [0.1, 0.15) is 51.3 Å². The first-order valence-electron chi connectivity index (χ1n) is 6.35. The molecular formula is C13H23N3. The highest BCUT2D eigenvalue weighted by atomic mass is 15.3. The highest BCUT2D eigenvalue weighted by Crippen LogP contribution is 2.29. The van der Waals surface area contributed by atoms with E-state index >= 15 is 0 Å². The Labute approximate surface area is 98.0 Å². The maximum absolute atomic E-state index is 5.75. The molecule has 1 saturated carbocycles. The van der Waals surface area contributed by atoms with E-state index in [9.17, 15) is 0 Å². The normalized spacial score (nSPS) is 18.2. The van der Waals surface area contributed by atoms with Crippen LogP contribution >= 0.6 is 0 Å². The Morgan fingerprint density at radius 1 is 1.44 bits per heavy atom. The lowest BCUT2D eigenvalue weighted by Crippen LogP contribution is -2.26. The lowest BCUT2D eigenvalue weighted by molar-refractivity contribution is 0.367. The number of hydrogen-bond acceptors (Lipinski definition) is 2. The summed E-state index contributed by atoms with van der Waals surface area (Å²) in [5, 5.41) is 4.69. The molecule has 1 aliphatic carbocycles. The third-order valence-electron chi connectivity index (χ3n) is 3.57. The minimum absolute atomic E-state index is 0.162. The zero-order valence-corrected chi connectivity index (χ0v) is 10.4. The summed E-state index contributed by atoms with van der Waals surface area (Å²) in [5.74, 6) is 0. The van der Waals surface area contributed by atoms with Crippen molar-refractivity contribution in [3.05, 3.63) is 18.0 Å².